The minimum atomic E-state index is -1.01. The van der Waals surface area contributed by atoms with Crippen molar-refractivity contribution in [2.75, 3.05) is 10.6 Å². The number of anilines is 2. The molecule has 3 aromatic rings. The summed E-state index contributed by atoms with van der Waals surface area (Å²) in [7, 11) is 0. The molecule has 0 aliphatic heterocycles. The van der Waals surface area contributed by atoms with Crippen LogP contribution < -0.4 is 10.6 Å². The molecular formula is C26H26N2O4S. The van der Waals surface area contributed by atoms with Gasteiger partial charge in [-0.2, -0.15) is 0 Å². The Bertz CT molecular complexity index is 1130. The number of carbonyl (C=O) groups is 3. The maximum atomic E-state index is 13.3. The van der Waals surface area contributed by atoms with E-state index in [1.54, 1.807) is 12.1 Å². The summed E-state index contributed by atoms with van der Waals surface area (Å²) < 4.78 is 0. The van der Waals surface area contributed by atoms with E-state index in [0.717, 1.165) is 27.3 Å². The van der Waals surface area contributed by atoms with Gasteiger partial charge in [0.15, 0.2) is 0 Å². The quantitative estimate of drug-likeness (QED) is 0.361. The predicted molar refractivity (Wildman–Crippen MR) is 132 cm³/mol. The van der Waals surface area contributed by atoms with Crippen LogP contribution in [0.2, 0.25) is 0 Å². The maximum absolute atomic E-state index is 13.3. The number of aliphatic carboxylic acids is 1. The normalized spacial score (nSPS) is 11.5. The average Bonchev–Trinajstić information content (AvgIpc) is 2.80. The molecule has 0 fully saturated rings. The number of amides is 2. The number of carbonyl (C=O) groups excluding carboxylic acids is 2. The van der Waals surface area contributed by atoms with Crippen LogP contribution in [-0.4, -0.2) is 22.9 Å². The Morgan fingerprint density at radius 1 is 0.848 bits per heavy atom. The van der Waals surface area contributed by atoms with Gasteiger partial charge in [-0.05, 0) is 60.9 Å². The molecule has 2 amide bonds. The summed E-state index contributed by atoms with van der Waals surface area (Å²) >= 11 is 1.42. The number of benzene rings is 3. The summed E-state index contributed by atoms with van der Waals surface area (Å²) in [6.07, 6.45) is -0.297. The fourth-order valence-corrected chi connectivity index (χ4v) is 4.21. The van der Waals surface area contributed by atoms with E-state index < -0.39 is 11.2 Å². The van der Waals surface area contributed by atoms with Crippen LogP contribution in [0.1, 0.15) is 34.8 Å². The highest BCUT2D eigenvalue weighted by atomic mass is 32.2. The largest absolute Gasteiger partial charge is 0.481 e. The van der Waals surface area contributed by atoms with Crippen LogP contribution >= 0.6 is 11.8 Å². The van der Waals surface area contributed by atoms with Gasteiger partial charge in [-0.15, -0.1) is 11.8 Å². The lowest BCUT2D eigenvalue weighted by Gasteiger charge is -2.19. The van der Waals surface area contributed by atoms with Crippen molar-refractivity contribution in [3.05, 3.63) is 89.5 Å². The molecule has 0 heterocycles. The molecule has 6 nitrogen and oxygen atoms in total. The second kappa shape index (κ2) is 11.3. The van der Waals surface area contributed by atoms with Gasteiger partial charge in [0.1, 0.15) is 5.25 Å². The third kappa shape index (κ3) is 6.95. The minimum absolute atomic E-state index is 0.0829. The van der Waals surface area contributed by atoms with Gasteiger partial charge in [0, 0.05) is 22.7 Å². The lowest BCUT2D eigenvalue weighted by Crippen LogP contribution is -2.19. The fraction of sp³-hybridized carbons (Fsp3) is 0.192. The van der Waals surface area contributed by atoms with Crippen LogP contribution in [0.3, 0.4) is 0 Å². The molecule has 3 aromatic carbocycles. The lowest BCUT2D eigenvalue weighted by atomic mass is 10.1. The van der Waals surface area contributed by atoms with Crippen molar-refractivity contribution in [3.63, 3.8) is 0 Å². The number of rotatable bonds is 9. The Labute approximate surface area is 197 Å². The number of carboxylic acid groups (broad SMARTS) is 1. The number of carboxylic acids is 1. The number of thioether (sulfide) groups is 1. The van der Waals surface area contributed by atoms with Gasteiger partial charge in [0.25, 0.3) is 0 Å². The van der Waals surface area contributed by atoms with Gasteiger partial charge in [0.05, 0.1) is 6.42 Å². The molecule has 3 rings (SSSR count). The van der Waals surface area contributed by atoms with Crippen LogP contribution in [0.4, 0.5) is 11.4 Å². The van der Waals surface area contributed by atoms with Crippen LogP contribution in [-0.2, 0) is 14.4 Å². The summed E-state index contributed by atoms with van der Waals surface area (Å²) in [4.78, 5) is 36.6. The standard InChI is InChI=1S/C26H26N2O4S/c1-17-7-6-10-22(18(17)2)28-26(32)25(19-8-4-3-5-9-19)33-21-13-11-20(12-14-21)27-23(29)15-16-24(30)31/h3-14,25H,15-16H2,1-2H3,(H,27,29)(H,28,32)(H,30,31). The zero-order chi connectivity index (χ0) is 23.8. The van der Waals surface area contributed by atoms with E-state index in [1.807, 2.05) is 74.5 Å². The van der Waals surface area contributed by atoms with Crippen LogP contribution in [0, 0.1) is 13.8 Å². The first kappa shape index (κ1) is 24.1. The average molecular weight is 463 g/mol. The van der Waals surface area contributed by atoms with Crippen LogP contribution in [0.15, 0.2) is 77.7 Å². The van der Waals surface area contributed by atoms with Crippen LogP contribution in [0.25, 0.3) is 0 Å². The molecule has 0 spiro atoms. The Hall–Kier alpha value is -3.58. The molecule has 170 valence electrons. The molecule has 0 aliphatic rings. The first-order valence-corrected chi connectivity index (χ1v) is 11.4. The van der Waals surface area contributed by atoms with E-state index >= 15 is 0 Å². The molecule has 0 radical (unpaired) electrons. The highest BCUT2D eigenvalue weighted by Gasteiger charge is 2.23. The van der Waals surface area contributed by atoms with Crippen molar-refractivity contribution >= 4 is 40.9 Å². The van der Waals surface area contributed by atoms with Crippen molar-refractivity contribution in [1.29, 1.82) is 0 Å². The molecular weight excluding hydrogens is 436 g/mol. The second-order valence-electron chi connectivity index (χ2n) is 7.61. The Morgan fingerprint density at radius 3 is 2.21 bits per heavy atom. The third-order valence-electron chi connectivity index (χ3n) is 5.16. The Morgan fingerprint density at radius 2 is 1.55 bits per heavy atom. The van der Waals surface area contributed by atoms with Crippen molar-refractivity contribution in [2.45, 2.75) is 36.8 Å². The number of aryl methyl sites for hydroxylation is 1. The van der Waals surface area contributed by atoms with Crippen LogP contribution in [0.5, 0.6) is 0 Å². The molecule has 0 saturated carbocycles. The molecule has 0 saturated heterocycles. The van der Waals surface area contributed by atoms with Gasteiger partial charge < -0.3 is 15.7 Å². The smallest absolute Gasteiger partial charge is 0.303 e. The highest BCUT2D eigenvalue weighted by molar-refractivity contribution is 8.00. The molecule has 0 bridgehead atoms. The van der Waals surface area contributed by atoms with E-state index in [1.165, 1.54) is 11.8 Å². The summed E-state index contributed by atoms with van der Waals surface area (Å²) in [5.41, 5.74) is 4.39. The first-order valence-electron chi connectivity index (χ1n) is 10.5. The molecule has 3 N–H and O–H groups in total. The SMILES string of the molecule is Cc1cccc(NC(=O)C(Sc2ccc(NC(=O)CCC(=O)O)cc2)c2ccccc2)c1C. The van der Waals surface area contributed by atoms with Gasteiger partial charge in [-0.25, -0.2) is 0 Å². The Balaban J connectivity index is 1.74. The minimum Gasteiger partial charge on any atom is -0.481 e. The highest BCUT2D eigenvalue weighted by Crippen LogP contribution is 2.37. The van der Waals surface area contributed by atoms with E-state index in [0.29, 0.717) is 5.69 Å². The van der Waals surface area contributed by atoms with Gasteiger partial charge in [-0.1, -0.05) is 42.5 Å². The summed E-state index contributed by atoms with van der Waals surface area (Å²) in [5, 5.41) is 14.0. The monoisotopic (exact) mass is 462 g/mol. The topological polar surface area (TPSA) is 95.5 Å². The molecule has 33 heavy (non-hydrogen) atoms. The molecule has 1 atom stereocenters. The zero-order valence-electron chi connectivity index (χ0n) is 18.5. The van der Waals surface area contributed by atoms with Gasteiger partial charge in [0.2, 0.25) is 11.8 Å². The third-order valence-corrected chi connectivity index (χ3v) is 6.43. The van der Waals surface area contributed by atoms with E-state index in [2.05, 4.69) is 10.6 Å². The van der Waals surface area contributed by atoms with Crippen molar-refractivity contribution in [3.8, 4) is 0 Å². The first-order chi connectivity index (χ1) is 15.8. The predicted octanol–water partition coefficient (Wildman–Crippen LogP) is 5.58. The van der Waals surface area contributed by atoms with E-state index in [4.69, 9.17) is 5.11 Å². The molecule has 7 heteroatoms. The Kier molecular flexibility index (Phi) is 8.27. The zero-order valence-corrected chi connectivity index (χ0v) is 19.3. The second-order valence-corrected chi connectivity index (χ2v) is 8.79. The van der Waals surface area contributed by atoms with E-state index in [-0.39, 0.29) is 24.7 Å². The lowest BCUT2D eigenvalue weighted by molar-refractivity contribution is -0.138. The van der Waals surface area contributed by atoms with Crippen molar-refractivity contribution in [2.24, 2.45) is 0 Å². The summed E-state index contributed by atoms with van der Waals surface area (Å²) in [6.45, 7) is 4.00. The number of nitrogens with one attached hydrogen (secondary N) is 2. The number of hydrogen-bond donors (Lipinski definition) is 3. The molecule has 1 unspecified atom stereocenters. The van der Waals surface area contributed by atoms with Crippen molar-refractivity contribution in [1.82, 2.24) is 0 Å². The summed E-state index contributed by atoms with van der Waals surface area (Å²) in [6, 6.07) is 22.6. The summed E-state index contributed by atoms with van der Waals surface area (Å²) in [5.74, 6) is -1.48. The van der Waals surface area contributed by atoms with Crippen molar-refractivity contribution < 1.29 is 19.5 Å². The van der Waals surface area contributed by atoms with Gasteiger partial charge >= 0.3 is 5.97 Å². The molecule has 0 aromatic heterocycles. The maximum Gasteiger partial charge on any atom is 0.303 e. The molecule has 0 aliphatic carbocycles. The fourth-order valence-electron chi connectivity index (χ4n) is 3.18. The number of hydrogen-bond acceptors (Lipinski definition) is 4. The van der Waals surface area contributed by atoms with Gasteiger partial charge in [-0.3, -0.25) is 14.4 Å². The van der Waals surface area contributed by atoms with E-state index in [9.17, 15) is 14.4 Å².